The summed E-state index contributed by atoms with van der Waals surface area (Å²) < 4.78 is 1.33. The molecular formula is C14H16Cl3N5O3. The van der Waals surface area contributed by atoms with Gasteiger partial charge in [0.2, 0.25) is 0 Å². The number of hydrogen-bond acceptors (Lipinski definition) is 5. The summed E-state index contributed by atoms with van der Waals surface area (Å²) in [7, 11) is 3.47. The molecule has 0 saturated heterocycles. The third kappa shape index (κ3) is 4.82. The van der Waals surface area contributed by atoms with E-state index in [1.807, 2.05) is 0 Å². The van der Waals surface area contributed by atoms with Crippen LogP contribution in [0.3, 0.4) is 0 Å². The number of nitrogens with zero attached hydrogens (tertiary/aromatic N) is 4. The van der Waals surface area contributed by atoms with Gasteiger partial charge in [-0.3, -0.25) is 14.9 Å². The first-order valence-electron chi connectivity index (χ1n) is 6.94. The van der Waals surface area contributed by atoms with Crippen LogP contribution in [-0.2, 0) is 0 Å². The van der Waals surface area contributed by atoms with E-state index in [-0.39, 0.29) is 45.4 Å². The molecule has 2 rings (SSSR count). The molecule has 1 aromatic heterocycles. The molecule has 25 heavy (non-hydrogen) atoms. The molecule has 1 N–H and O–H groups in total. The monoisotopic (exact) mass is 407 g/mol. The van der Waals surface area contributed by atoms with Gasteiger partial charge in [0.1, 0.15) is 5.69 Å². The lowest BCUT2D eigenvalue weighted by Crippen LogP contribution is -2.33. The fraction of sp³-hybridized carbons (Fsp3) is 0.286. The average molecular weight is 409 g/mol. The Kier molecular flexibility index (Phi) is 7.62. The molecule has 0 bridgehead atoms. The predicted molar refractivity (Wildman–Crippen MR) is 98.4 cm³/mol. The van der Waals surface area contributed by atoms with Gasteiger partial charge in [0.05, 0.1) is 15.0 Å². The molecule has 1 aromatic carbocycles. The molecule has 0 atom stereocenters. The minimum Gasteiger partial charge on any atom is -0.339 e. The van der Waals surface area contributed by atoms with E-state index in [1.165, 1.54) is 34.0 Å². The van der Waals surface area contributed by atoms with E-state index in [0.29, 0.717) is 13.1 Å². The summed E-state index contributed by atoms with van der Waals surface area (Å²) in [5, 5.41) is 18.1. The molecule has 8 nitrogen and oxygen atoms in total. The number of halogens is 3. The van der Waals surface area contributed by atoms with E-state index >= 15 is 0 Å². The Labute approximate surface area is 160 Å². The number of benzene rings is 1. The van der Waals surface area contributed by atoms with Crippen LogP contribution in [0.15, 0.2) is 24.4 Å². The van der Waals surface area contributed by atoms with E-state index in [1.54, 1.807) is 14.1 Å². The molecule has 0 aliphatic heterocycles. The first kappa shape index (κ1) is 21.2. The zero-order chi connectivity index (χ0) is 17.9. The van der Waals surface area contributed by atoms with Crippen LogP contribution in [-0.4, -0.2) is 52.7 Å². The molecule has 0 fully saturated rings. The second kappa shape index (κ2) is 9.00. The van der Waals surface area contributed by atoms with Crippen LogP contribution in [0.2, 0.25) is 10.0 Å². The zero-order valence-corrected chi connectivity index (χ0v) is 15.7. The zero-order valence-electron chi connectivity index (χ0n) is 13.4. The highest BCUT2D eigenvalue weighted by Gasteiger charge is 2.19. The van der Waals surface area contributed by atoms with Crippen molar-refractivity contribution in [3.63, 3.8) is 0 Å². The van der Waals surface area contributed by atoms with Crippen LogP contribution in [0.5, 0.6) is 0 Å². The summed E-state index contributed by atoms with van der Waals surface area (Å²) in [6.45, 7) is 1.18. The van der Waals surface area contributed by atoms with Gasteiger partial charge in [-0.05, 0) is 13.1 Å². The molecule has 11 heteroatoms. The lowest BCUT2D eigenvalue weighted by atomic mass is 10.3. The lowest BCUT2D eigenvalue weighted by molar-refractivity contribution is -0.384. The van der Waals surface area contributed by atoms with Crippen LogP contribution in [0.1, 0.15) is 10.5 Å². The lowest BCUT2D eigenvalue weighted by Gasteiger charge is -2.15. The van der Waals surface area contributed by atoms with Gasteiger partial charge in [0.15, 0.2) is 5.69 Å². The molecule has 1 amide bonds. The Hall–Kier alpha value is -1.87. The molecule has 0 aliphatic carbocycles. The number of hydrogen-bond donors (Lipinski definition) is 1. The quantitative estimate of drug-likeness (QED) is 0.586. The Bertz CT molecular complexity index is 758. The number of amides is 1. The van der Waals surface area contributed by atoms with Gasteiger partial charge in [-0.1, -0.05) is 23.2 Å². The van der Waals surface area contributed by atoms with Gasteiger partial charge in [0.25, 0.3) is 11.6 Å². The minimum atomic E-state index is -0.587. The number of nitrogens with one attached hydrogen (secondary N) is 1. The van der Waals surface area contributed by atoms with Gasteiger partial charge in [-0.2, -0.15) is 5.10 Å². The summed E-state index contributed by atoms with van der Waals surface area (Å²) in [4.78, 5) is 24.0. The van der Waals surface area contributed by atoms with Gasteiger partial charge in [-0.25, -0.2) is 4.68 Å². The van der Waals surface area contributed by atoms with Crippen molar-refractivity contribution in [2.24, 2.45) is 0 Å². The summed E-state index contributed by atoms with van der Waals surface area (Å²) in [6, 6.07) is 3.91. The molecule has 0 radical (unpaired) electrons. The first-order valence-corrected chi connectivity index (χ1v) is 7.70. The largest absolute Gasteiger partial charge is 0.339 e. The third-order valence-electron chi connectivity index (χ3n) is 3.29. The summed E-state index contributed by atoms with van der Waals surface area (Å²) in [5.74, 6) is -0.252. The molecule has 136 valence electrons. The van der Waals surface area contributed by atoms with Gasteiger partial charge >= 0.3 is 0 Å². The first-order chi connectivity index (χ1) is 11.3. The van der Waals surface area contributed by atoms with Crippen molar-refractivity contribution in [1.29, 1.82) is 0 Å². The highest BCUT2D eigenvalue weighted by Crippen LogP contribution is 2.32. The van der Waals surface area contributed by atoms with Crippen LogP contribution >= 0.6 is 35.6 Å². The maximum absolute atomic E-state index is 12.3. The number of non-ortho nitro benzene ring substituents is 1. The van der Waals surface area contributed by atoms with E-state index in [2.05, 4.69) is 10.4 Å². The van der Waals surface area contributed by atoms with Gasteiger partial charge in [-0.15, -0.1) is 12.4 Å². The number of carbonyl (C=O) groups is 1. The van der Waals surface area contributed by atoms with Crippen molar-refractivity contribution >= 4 is 47.2 Å². The Morgan fingerprint density at radius 1 is 1.40 bits per heavy atom. The topological polar surface area (TPSA) is 93.3 Å². The molecule has 2 aromatic rings. The predicted octanol–water partition coefficient (Wildman–Crippen LogP) is 2.80. The highest BCUT2D eigenvalue weighted by molar-refractivity contribution is 6.38. The summed E-state index contributed by atoms with van der Waals surface area (Å²) >= 11 is 12.2. The van der Waals surface area contributed by atoms with Crippen LogP contribution in [0.4, 0.5) is 5.69 Å². The Morgan fingerprint density at radius 2 is 2.00 bits per heavy atom. The highest BCUT2D eigenvalue weighted by atomic mass is 35.5. The number of nitro benzene ring substituents is 1. The smallest absolute Gasteiger partial charge is 0.274 e. The number of carbonyl (C=O) groups excluding carboxylic acids is 1. The van der Waals surface area contributed by atoms with Crippen molar-refractivity contribution in [3.05, 3.63) is 50.2 Å². The van der Waals surface area contributed by atoms with Crippen LogP contribution < -0.4 is 5.32 Å². The standard InChI is InChI=1S/C14H15Cl2N5O3.ClH/c1-17-4-6-19(2)14(22)12-3-5-20(18-12)13-10(15)7-9(21(23)24)8-11(13)16;/h3,5,7-8,17H,4,6H2,1-2H3;1H. The Morgan fingerprint density at radius 3 is 2.52 bits per heavy atom. The molecule has 0 unspecified atom stereocenters. The second-order valence-corrected chi connectivity index (χ2v) is 5.81. The van der Waals surface area contributed by atoms with E-state index < -0.39 is 4.92 Å². The fourth-order valence-corrected chi connectivity index (χ4v) is 2.66. The van der Waals surface area contributed by atoms with Crippen molar-refractivity contribution in [2.75, 3.05) is 27.2 Å². The molecule has 0 saturated carbocycles. The van der Waals surface area contributed by atoms with E-state index in [0.717, 1.165) is 0 Å². The summed E-state index contributed by atoms with van der Waals surface area (Å²) in [5.41, 5.74) is 0.281. The molecular weight excluding hydrogens is 393 g/mol. The molecule has 1 heterocycles. The molecule has 0 spiro atoms. The number of aromatic nitrogens is 2. The average Bonchev–Trinajstić information content (AvgIpc) is 3.00. The molecule has 0 aliphatic rings. The van der Waals surface area contributed by atoms with Crippen LogP contribution in [0, 0.1) is 10.1 Å². The van der Waals surface area contributed by atoms with E-state index in [4.69, 9.17) is 23.2 Å². The Balaban J connectivity index is 0.00000312. The van der Waals surface area contributed by atoms with Gasteiger partial charge < -0.3 is 10.2 Å². The number of nitro groups is 1. The maximum atomic E-state index is 12.3. The van der Waals surface area contributed by atoms with Crippen molar-refractivity contribution in [2.45, 2.75) is 0 Å². The van der Waals surface area contributed by atoms with Crippen molar-refractivity contribution < 1.29 is 9.72 Å². The minimum absolute atomic E-state index is 0. The SMILES string of the molecule is CNCCN(C)C(=O)c1ccn(-c2c(Cl)cc([N+](=O)[O-])cc2Cl)n1.Cl. The third-order valence-corrected chi connectivity index (χ3v) is 3.87. The van der Waals surface area contributed by atoms with Gasteiger partial charge in [0, 0.05) is 38.5 Å². The van der Waals surface area contributed by atoms with Crippen LogP contribution in [0.25, 0.3) is 5.69 Å². The van der Waals surface area contributed by atoms with E-state index in [9.17, 15) is 14.9 Å². The number of rotatable bonds is 6. The normalized spacial score (nSPS) is 10.2. The fourth-order valence-electron chi connectivity index (χ4n) is 2.02. The summed E-state index contributed by atoms with van der Waals surface area (Å²) in [6.07, 6.45) is 1.53. The maximum Gasteiger partial charge on any atom is 0.274 e. The number of likely N-dealkylation sites (N-methyl/N-ethyl adjacent to an activating group) is 2. The van der Waals surface area contributed by atoms with Crippen molar-refractivity contribution in [3.8, 4) is 5.69 Å². The second-order valence-electron chi connectivity index (χ2n) is 4.99. The van der Waals surface area contributed by atoms with Crippen molar-refractivity contribution in [1.82, 2.24) is 20.0 Å².